The first-order chi connectivity index (χ1) is 12.5. The Hall–Kier alpha value is -1.66. The second-order valence-electron chi connectivity index (χ2n) is 6.56. The minimum Gasteiger partial charge on any atom is -0.465 e. The monoisotopic (exact) mass is 435 g/mol. The van der Waals surface area contributed by atoms with Crippen molar-refractivity contribution in [3.05, 3.63) is 39.2 Å². The van der Waals surface area contributed by atoms with E-state index in [1.165, 1.54) is 24.9 Å². The fourth-order valence-electron chi connectivity index (χ4n) is 3.47. The summed E-state index contributed by atoms with van der Waals surface area (Å²) in [4.78, 5) is 26.1. The summed E-state index contributed by atoms with van der Waals surface area (Å²) >= 11 is 4.87. The van der Waals surface area contributed by atoms with Crippen LogP contribution in [0.3, 0.4) is 0 Å². The molecular formula is C20H22BrNO3S. The SMILES string of the molecule is COC(=O)c1c(NC(=O)C2CCCCC2)sc(C)c1-c1ccc(Br)cc1. The molecule has 0 unspecified atom stereocenters. The van der Waals surface area contributed by atoms with E-state index in [9.17, 15) is 9.59 Å². The summed E-state index contributed by atoms with van der Waals surface area (Å²) in [6.45, 7) is 1.96. The van der Waals surface area contributed by atoms with Crippen molar-refractivity contribution >= 4 is 44.1 Å². The lowest BCUT2D eigenvalue weighted by Gasteiger charge is -2.20. The minimum atomic E-state index is -0.425. The van der Waals surface area contributed by atoms with E-state index in [-0.39, 0.29) is 11.8 Å². The summed E-state index contributed by atoms with van der Waals surface area (Å²) < 4.78 is 5.98. The van der Waals surface area contributed by atoms with Crippen molar-refractivity contribution in [2.75, 3.05) is 12.4 Å². The number of hydrogen-bond acceptors (Lipinski definition) is 4. The normalized spacial score (nSPS) is 14.9. The van der Waals surface area contributed by atoms with Gasteiger partial charge in [-0.1, -0.05) is 47.3 Å². The Balaban J connectivity index is 1.97. The average Bonchev–Trinajstić information content (AvgIpc) is 2.98. The molecule has 0 bridgehead atoms. The second kappa shape index (κ2) is 8.35. The quantitative estimate of drug-likeness (QED) is 0.617. The van der Waals surface area contributed by atoms with Crippen molar-refractivity contribution in [2.45, 2.75) is 39.0 Å². The van der Waals surface area contributed by atoms with Gasteiger partial charge in [-0.15, -0.1) is 11.3 Å². The van der Waals surface area contributed by atoms with E-state index >= 15 is 0 Å². The number of methoxy groups -OCH3 is 1. The number of nitrogens with one attached hydrogen (secondary N) is 1. The molecule has 0 aliphatic heterocycles. The Kier molecular flexibility index (Phi) is 6.14. The van der Waals surface area contributed by atoms with Gasteiger partial charge in [-0.3, -0.25) is 4.79 Å². The third-order valence-corrected chi connectivity index (χ3v) is 6.37. The molecule has 4 nitrogen and oxygen atoms in total. The average molecular weight is 436 g/mol. The van der Waals surface area contributed by atoms with E-state index in [4.69, 9.17) is 4.74 Å². The van der Waals surface area contributed by atoms with E-state index < -0.39 is 5.97 Å². The Bertz CT molecular complexity index is 807. The van der Waals surface area contributed by atoms with Crippen LogP contribution in [-0.2, 0) is 9.53 Å². The minimum absolute atomic E-state index is 0.0125. The molecule has 0 atom stereocenters. The Morgan fingerprint density at radius 2 is 1.81 bits per heavy atom. The number of carbonyl (C=O) groups is 2. The van der Waals surface area contributed by atoms with Crippen LogP contribution in [0.25, 0.3) is 11.1 Å². The Morgan fingerprint density at radius 1 is 1.15 bits per heavy atom. The highest BCUT2D eigenvalue weighted by atomic mass is 79.9. The molecule has 1 saturated carbocycles. The molecule has 0 radical (unpaired) electrons. The van der Waals surface area contributed by atoms with E-state index in [0.717, 1.165) is 46.2 Å². The van der Waals surface area contributed by atoms with Crippen LogP contribution >= 0.6 is 27.3 Å². The third kappa shape index (κ3) is 4.01. The molecule has 1 aliphatic rings. The third-order valence-electron chi connectivity index (χ3n) is 4.82. The van der Waals surface area contributed by atoms with Crippen LogP contribution in [0, 0.1) is 12.8 Å². The van der Waals surface area contributed by atoms with Crippen LogP contribution in [0.4, 0.5) is 5.00 Å². The number of aryl methyl sites for hydroxylation is 1. The van der Waals surface area contributed by atoms with Gasteiger partial charge in [-0.2, -0.15) is 0 Å². The van der Waals surface area contributed by atoms with Gasteiger partial charge in [-0.25, -0.2) is 4.79 Å². The molecule has 1 amide bonds. The van der Waals surface area contributed by atoms with Crippen molar-refractivity contribution in [3.63, 3.8) is 0 Å². The van der Waals surface area contributed by atoms with Gasteiger partial charge in [0.25, 0.3) is 0 Å². The number of ether oxygens (including phenoxy) is 1. The molecule has 1 aromatic heterocycles. The van der Waals surface area contributed by atoms with Crippen LogP contribution in [-0.4, -0.2) is 19.0 Å². The van der Waals surface area contributed by atoms with Crippen LogP contribution in [0.5, 0.6) is 0 Å². The fourth-order valence-corrected chi connectivity index (χ4v) is 4.80. The first-order valence-electron chi connectivity index (χ1n) is 8.79. The van der Waals surface area contributed by atoms with E-state index in [1.807, 2.05) is 31.2 Å². The lowest BCUT2D eigenvalue weighted by atomic mass is 9.88. The summed E-state index contributed by atoms with van der Waals surface area (Å²) in [5, 5.41) is 3.59. The molecule has 138 valence electrons. The van der Waals surface area contributed by atoms with Crippen LogP contribution in [0.2, 0.25) is 0 Å². The second-order valence-corrected chi connectivity index (χ2v) is 8.70. The van der Waals surface area contributed by atoms with Gasteiger partial charge in [0.05, 0.1) is 7.11 Å². The van der Waals surface area contributed by atoms with Crippen LogP contribution in [0.1, 0.15) is 47.3 Å². The zero-order valence-electron chi connectivity index (χ0n) is 14.9. The van der Waals surface area contributed by atoms with Crippen LogP contribution in [0.15, 0.2) is 28.7 Å². The highest BCUT2D eigenvalue weighted by Gasteiger charge is 2.27. The number of halogens is 1. The predicted molar refractivity (Wildman–Crippen MR) is 109 cm³/mol. The summed E-state index contributed by atoms with van der Waals surface area (Å²) in [6, 6.07) is 7.79. The zero-order chi connectivity index (χ0) is 18.7. The highest BCUT2D eigenvalue weighted by molar-refractivity contribution is 9.10. The Morgan fingerprint density at radius 3 is 2.42 bits per heavy atom. The molecule has 26 heavy (non-hydrogen) atoms. The molecule has 1 N–H and O–H groups in total. The molecule has 1 aliphatic carbocycles. The molecular weight excluding hydrogens is 414 g/mol. The number of benzene rings is 1. The topological polar surface area (TPSA) is 55.4 Å². The fraction of sp³-hybridized carbons (Fsp3) is 0.400. The number of anilines is 1. The maximum Gasteiger partial charge on any atom is 0.341 e. The zero-order valence-corrected chi connectivity index (χ0v) is 17.3. The summed E-state index contributed by atoms with van der Waals surface area (Å²) in [7, 11) is 1.37. The molecule has 3 rings (SSSR count). The maximum absolute atomic E-state index is 12.7. The van der Waals surface area contributed by atoms with Crippen molar-refractivity contribution in [1.29, 1.82) is 0 Å². The lowest BCUT2D eigenvalue weighted by Crippen LogP contribution is -2.25. The van der Waals surface area contributed by atoms with Gasteiger partial charge < -0.3 is 10.1 Å². The van der Waals surface area contributed by atoms with Crippen molar-refractivity contribution in [1.82, 2.24) is 0 Å². The number of hydrogen-bond donors (Lipinski definition) is 1. The van der Waals surface area contributed by atoms with Gasteiger partial charge in [0.15, 0.2) is 0 Å². The van der Waals surface area contributed by atoms with E-state index in [1.54, 1.807) is 0 Å². The lowest BCUT2D eigenvalue weighted by molar-refractivity contribution is -0.120. The van der Waals surface area contributed by atoms with Crippen molar-refractivity contribution in [3.8, 4) is 11.1 Å². The highest BCUT2D eigenvalue weighted by Crippen LogP contribution is 2.41. The molecule has 1 heterocycles. The molecule has 1 fully saturated rings. The molecule has 1 aromatic carbocycles. The first kappa shape index (κ1) is 19.1. The first-order valence-corrected chi connectivity index (χ1v) is 10.4. The number of esters is 1. The van der Waals surface area contributed by atoms with Crippen molar-refractivity contribution in [2.24, 2.45) is 5.92 Å². The smallest absolute Gasteiger partial charge is 0.341 e. The van der Waals surface area contributed by atoms with Gasteiger partial charge >= 0.3 is 5.97 Å². The summed E-state index contributed by atoms with van der Waals surface area (Å²) in [5.74, 6) is -0.377. The van der Waals surface area contributed by atoms with E-state index in [2.05, 4.69) is 21.2 Å². The molecule has 0 saturated heterocycles. The van der Waals surface area contributed by atoms with Gasteiger partial charge in [0, 0.05) is 20.8 Å². The molecule has 6 heteroatoms. The Labute approximate surface area is 166 Å². The maximum atomic E-state index is 12.7. The molecule has 0 spiro atoms. The number of rotatable bonds is 4. The van der Waals surface area contributed by atoms with E-state index in [0.29, 0.717) is 10.6 Å². The van der Waals surface area contributed by atoms with Gasteiger partial charge in [0.1, 0.15) is 10.6 Å². The number of amides is 1. The standard InChI is InChI=1S/C20H22BrNO3S/c1-12-16(13-8-10-15(21)11-9-13)17(20(24)25-2)19(26-12)22-18(23)14-6-4-3-5-7-14/h8-11,14H,3-7H2,1-2H3,(H,22,23). The van der Waals surface area contributed by atoms with Crippen molar-refractivity contribution < 1.29 is 14.3 Å². The van der Waals surface area contributed by atoms with Gasteiger partial charge in [-0.05, 0) is 37.5 Å². The molecule has 2 aromatic rings. The summed E-state index contributed by atoms with van der Waals surface area (Å²) in [5.41, 5.74) is 2.20. The largest absolute Gasteiger partial charge is 0.465 e. The number of thiophene rings is 1. The van der Waals surface area contributed by atoms with Gasteiger partial charge in [0.2, 0.25) is 5.91 Å². The number of carbonyl (C=O) groups excluding carboxylic acids is 2. The summed E-state index contributed by atoms with van der Waals surface area (Å²) in [6.07, 6.45) is 5.22. The van der Waals surface area contributed by atoms with Crippen LogP contribution < -0.4 is 5.32 Å². The predicted octanol–water partition coefficient (Wildman–Crippen LogP) is 5.79.